The number of nitrogens with one attached hydrogen (secondary N) is 1. The van der Waals surface area contributed by atoms with E-state index in [4.69, 9.17) is 4.74 Å². The Kier molecular flexibility index (Phi) is 2.77. The largest absolute Gasteiger partial charge is 0.466 e. The lowest BCUT2D eigenvalue weighted by Crippen LogP contribution is -2.56. The number of carbonyl (C=O) groups excluding carboxylic acids is 1. The summed E-state index contributed by atoms with van der Waals surface area (Å²) < 4.78 is 5.02. The molecule has 1 N–H and O–H groups in total. The Morgan fingerprint density at radius 3 is 2.71 bits per heavy atom. The first-order valence-electron chi connectivity index (χ1n) is 5.67. The monoisotopic (exact) mass is 197 g/mol. The number of ether oxygens (including phenoxy) is 1. The molecule has 1 aliphatic heterocycles. The van der Waals surface area contributed by atoms with Crippen LogP contribution in [0.5, 0.6) is 0 Å². The molecule has 2 fully saturated rings. The topological polar surface area (TPSA) is 38.3 Å². The molecular formula is C11H19NO2. The van der Waals surface area contributed by atoms with Crippen molar-refractivity contribution in [3.05, 3.63) is 0 Å². The van der Waals surface area contributed by atoms with Crippen molar-refractivity contribution in [2.24, 2.45) is 5.92 Å². The van der Waals surface area contributed by atoms with Crippen LogP contribution in [0.4, 0.5) is 0 Å². The van der Waals surface area contributed by atoms with Gasteiger partial charge in [0, 0.05) is 12.1 Å². The zero-order chi connectivity index (χ0) is 10.0. The number of esters is 1. The molecule has 80 valence electrons. The average molecular weight is 197 g/mol. The number of rotatable bonds is 2. The molecule has 1 unspecified atom stereocenters. The van der Waals surface area contributed by atoms with E-state index in [9.17, 15) is 4.79 Å². The Hall–Kier alpha value is -0.570. The molecule has 0 amide bonds. The predicted molar refractivity (Wildman–Crippen MR) is 53.9 cm³/mol. The molecular weight excluding hydrogens is 178 g/mol. The van der Waals surface area contributed by atoms with Crippen molar-refractivity contribution in [1.82, 2.24) is 5.32 Å². The van der Waals surface area contributed by atoms with Gasteiger partial charge >= 0.3 is 5.97 Å². The maximum atomic E-state index is 11.5. The molecule has 1 saturated heterocycles. The van der Waals surface area contributed by atoms with Crippen LogP contribution in [0.3, 0.4) is 0 Å². The molecule has 3 heteroatoms. The SMILES string of the molecule is CCOC(=O)C1CCC2(CCC2)NC1. The molecule has 1 spiro atoms. The molecule has 0 aromatic heterocycles. The van der Waals surface area contributed by atoms with Gasteiger partial charge < -0.3 is 10.1 Å². The summed E-state index contributed by atoms with van der Waals surface area (Å²) in [4.78, 5) is 11.5. The van der Waals surface area contributed by atoms with Crippen LogP contribution in [0.1, 0.15) is 39.0 Å². The van der Waals surface area contributed by atoms with E-state index in [0.717, 1.165) is 19.4 Å². The van der Waals surface area contributed by atoms with E-state index in [1.807, 2.05) is 6.92 Å². The third kappa shape index (κ3) is 1.78. The van der Waals surface area contributed by atoms with Gasteiger partial charge in [0.1, 0.15) is 0 Å². The fourth-order valence-electron chi connectivity index (χ4n) is 2.47. The number of carbonyl (C=O) groups is 1. The molecule has 1 atom stereocenters. The van der Waals surface area contributed by atoms with Gasteiger partial charge in [0.2, 0.25) is 0 Å². The van der Waals surface area contributed by atoms with Gasteiger partial charge in [-0.15, -0.1) is 0 Å². The van der Waals surface area contributed by atoms with Crippen LogP contribution >= 0.6 is 0 Å². The third-order valence-electron chi connectivity index (χ3n) is 3.63. The van der Waals surface area contributed by atoms with E-state index in [1.54, 1.807) is 0 Å². The van der Waals surface area contributed by atoms with Crippen LogP contribution in [0.2, 0.25) is 0 Å². The normalized spacial score (nSPS) is 29.6. The van der Waals surface area contributed by atoms with E-state index in [-0.39, 0.29) is 11.9 Å². The van der Waals surface area contributed by atoms with Crippen molar-refractivity contribution in [3.63, 3.8) is 0 Å². The van der Waals surface area contributed by atoms with Gasteiger partial charge in [0.15, 0.2) is 0 Å². The highest BCUT2D eigenvalue weighted by molar-refractivity contribution is 5.72. The Bertz CT molecular complexity index is 213. The van der Waals surface area contributed by atoms with Crippen LogP contribution in [-0.4, -0.2) is 24.7 Å². The number of piperidine rings is 1. The molecule has 1 saturated carbocycles. The zero-order valence-corrected chi connectivity index (χ0v) is 8.84. The van der Waals surface area contributed by atoms with Crippen molar-refractivity contribution in [3.8, 4) is 0 Å². The summed E-state index contributed by atoms with van der Waals surface area (Å²) in [7, 11) is 0. The summed E-state index contributed by atoms with van der Waals surface area (Å²) in [6, 6.07) is 0. The van der Waals surface area contributed by atoms with Crippen molar-refractivity contribution >= 4 is 5.97 Å². The Morgan fingerprint density at radius 2 is 2.29 bits per heavy atom. The second kappa shape index (κ2) is 3.89. The van der Waals surface area contributed by atoms with Crippen LogP contribution in [0.15, 0.2) is 0 Å². The number of hydrogen-bond donors (Lipinski definition) is 1. The van der Waals surface area contributed by atoms with Gasteiger partial charge in [0.25, 0.3) is 0 Å². The third-order valence-corrected chi connectivity index (χ3v) is 3.63. The van der Waals surface area contributed by atoms with Crippen molar-refractivity contribution in [2.75, 3.05) is 13.2 Å². The van der Waals surface area contributed by atoms with Crippen molar-refractivity contribution in [1.29, 1.82) is 0 Å². The van der Waals surface area contributed by atoms with Crippen molar-refractivity contribution in [2.45, 2.75) is 44.6 Å². The molecule has 1 heterocycles. The van der Waals surface area contributed by atoms with Crippen LogP contribution in [-0.2, 0) is 9.53 Å². The molecule has 14 heavy (non-hydrogen) atoms. The van der Waals surface area contributed by atoms with Gasteiger partial charge in [-0.3, -0.25) is 4.79 Å². The lowest BCUT2D eigenvalue weighted by molar-refractivity contribution is -0.149. The highest BCUT2D eigenvalue weighted by Gasteiger charge is 2.41. The van der Waals surface area contributed by atoms with E-state index in [2.05, 4.69) is 5.32 Å². The van der Waals surface area contributed by atoms with Gasteiger partial charge in [-0.05, 0) is 39.0 Å². The summed E-state index contributed by atoms with van der Waals surface area (Å²) in [5.41, 5.74) is 0.406. The van der Waals surface area contributed by atoms with E-state index >= 15 is 0 Å². The first-order chi connectivity index (χ1) is 6.76. The molecule has 2 aliphatic rings. The first kappa shape index (κ1) is 9.97. The average Bonchev–Trinajstić information content (AvgIpc) is 2.16. The second-order valence-corrected chi connectivity index (χ2v) is 4.50. The van der Waals surface area contributed by atoms with Crippen LogP contribution in [0.25, 0.3) is 0 Å². The Morgan fingerprint density at radius 1 is 1.50 bits per heavy atom. The molecule has 0 aromatic rings. The number of hydrogen-bond acceptors (Lipinski definition) is 3. The summed E-state index contributed by atoms with van der Waals surface area (Å²) >= 11 is 0. The van der Waals surface area contributed by atoms with E-state index in [1.165, 1.54) is 19.3 Å². The summed E-state index contributed by atoms with van der Waals surface area (Å²) in [6.45, 7) is 3.18. The molecule has 3 nitrogen and oxygen atoms in total. The minimum atomic E-state index is -0.0193. The Labute approximate surface area is 85.2 Å². The van der Waals surface area contributed by atoms with Gasteiger partial charge in [-0.25, -0.2) is 0 Å². The molecule has 1 aliphatic carbocycles. The standard InChI is InChI=1S/C11H19NO2/c1-2-14-10(13)9-4-7-11(12-8-9)5-3-6-11/h9,12H,2-8H2,1H3. The van der Waals surface area contributed by atoms with Gasteiger partial charge in [-0.2, -0.15) is 0 Å². The Balaban J connectivity index is 1.80. The quantitative estimate of drug-likeness (QED) is 0.681. The fraction of sp³-hybridized carbons (Fsp3) is 0.909. The first-order valence-corrected chi connectivity index (χ1v) is 5.67. The van der Waals surface area contributed by atoms with Crippen LogP contribution in [0, 0.1) is 5.92 Å². The lowest BCUT2D eigenvalue weighted by atomic mass is 9.70. The maximum Gasteiger partial charge on any atom is 0.310 e. The molecule has 0 radical (unpaired) electrons. The smallest absolute Gasteiger partial charge is 0.310 e. The van der Waals surface area contributed by atoms with E-state index < -0.39 is 0 Å². The summed E-state index contributed by atoms with van der Waals surface area (Å²) in [5, 5.41) is 3.52. The lowest BCUT2D eigenvalue weighted by Gasteiger charge is -2.47. The minimum Gasteiger partial charge on any atom is -0.466 e. The highest BCUT2D eigenvalue weighted by atomic mass is 16.5. The van der Waals surface area contributed by atoms with Gasteiger partial charge in [-0.1, -0.05) is 0 Å². The molecule has 2 rings (SSSR count). The second-order valence-electron chi connectivity index (χ2n) is 4.50. The van der Waals surface area contributed by atoms with Crippen LogP contribution < -0.4 is 5.32 Å². The predicted octanol–water partition coefficient (Wildman–Crippen LogP) is 1.47. The maximum absolute atomic E-state index is 11.5. The van der Waals surface area contributed by atoms with Crippen molar-refractivity contribution < 1.29 is 9.53 Å². The fourth-order valence-corrected chi connectivity index (χ4v) is 2.47. The molecule has 0 bridgehead atoms. The molecule has 0 aromatic carbocycles. The van der Waals surface area contributed by atoms with E-state index in [0.29, 0.717) is 12.1 Å². The summed E-state index contributed by atoms with van der Waals surface area (Å²) in [5.74, 6) is 0.0790. The summed E-state index contributed by atoms with van der Waals surface area (Å²) in [6.07, 6.45) is 6.09. The van der Waals surface area contributed by atoms with Gasteiger partial charge in [0.05, 0.1) is 12.5 Å². The highest BCUT2D eigenvalue weighted by Crippen LogP contribution is 2.39. The zero-order valence-electron chi connectivity index (χ0n) is 8.84. The minimum absolute atomic E-state index is 0.0193.